The van der Waals surface area contributed by atoms with Crippen molar-refractivity contribution in [2.24, 2.45) is 17.8 Å². The summed E-state index contributed by atoms with van der Waals surface area (Å²) in [6.45, 7) is 6.41. The van der Waals surface area contributed by atoms with Gasteiger partial charge in [0.05, 0.1) is 0 Å². The quantitative estimate of drug-likeness (QED) is 0.490. The van der Waals surface area contributed by atoms with E-state index in [4.69, 9.17) is 0 Å². The van der Waals surface area contributed by atoms with Gasteiger partial charge in [-0.3, -0.25) is 0 Å². The molecule has 1 heteroatoms. The predicted octanol–water partition coefficient (Wildman–Crippen LogP) is 3.03. The summed E-state index contributed by atoms with van der Waals surface area (Å²) >= 11 is 0. The highest BCUT2D eigenvalue weighted by atomic mass is 19.1. The summed E-state index contributed by atoms with van der Waals surface area (Å²) in [4.78, 5) is 0. The first-order chi connectivity index (χ1) is 4.61. The van der Waals surface area contributed by atoms with Gasteiger partial charge < -0.3 is 0 Å². The van der Waals surface area contributed by atoms with Gasteiger partial charge in [0.15, 0.2) is 0 Å². The Bertz CT molecular complexity index is 85.3. The minimum absolute atomic E-state index is 0.297. The topological polar surface area (TPSA) is 0 Å². The summed E-state index contributed by atoms with van der Waals surface area (Å²) in [5, 5.41) is 0. The molecule has 0 aromatic rings. The number of hydrogen-bond donors (Lipinski definition) is 0. The second kappa shape index (κ2) is 2.89. The fourth-order valence-electron chi connectivity index (χ4n) is 1.79. The maximum atomic E-state index is 13.0. The smallest absolute Gasteiger partial charge is 0.103 e. The van der Waals surface area contributed by atoms with Crippen molar-refractivity contribution in [1.82, 2.24) is 0 Å². The maximum Gasteiger partial charge on any atom is 0.103 e. The van der Waals surface area contributed by atoms with Gasteiger partial charge in [-0.2, -0.15) is 0 Å². The summed E-state index contributed by atoms with van der Waals surface area (Å²) in [5.41, 5.74) is 0. The van der Waals surface area contributed by atoms with Crippen molar-refractivity contribution < 1.29 is 4.39 Å². The molecule has 0 N–H and O–H groups in total. The van der Waals surface area contributed by atoms with Gasteiger partial charge in [-0.05, 0) is 30.6 Å². The van der Waals surface area contributed by atoms with Crippen LogP contribution < -0.4 is 0 Å². The number of halogens is 1. The molecule has 1 saturated carbocycles. The summed E-state index contributed by atoms with van der Waals surface area (Å²) in [6, 6.07) is 0. The Labute approximate surface area is 62.8 Å². The fourth-order valence-corrected chi connectivity index (χ4v) is 1.79. The molecule has 0 aromatic carbocycles. The molecular weight excluding hydrogens is 127 g/mol. The molecule has 4 atom stereocenters. The van der Waals surface area contributed by atoms with Crippen LogP contribution in [0, 0.1) is 17.8 Å². The molecule has 60 valence electrons. The average Bonchev–Trinajstić information content (AvgIpc) is 1.84. The molecule has 0 radical (unpaired) electrons. The van der Waals surface area contributed by atoms with Gasteiger partial charge in [0.1, 0.15) is 6.17 Å². The van der Waals surface area contributed by atoms with Crippen LogP contribution in [0.15, 0.2) is 0 Å². The number of hydrogen-bond acceptors (Lipinski definition) is 0. The first-order valence-electron chi connectivity index (χ1n) is 4.25. The lowest BCUT2D eigenvalue weighted by Crippen LogP contribution is -2.28. The van der Waals surface area contributed by atoms with Crippen LogP contribution in [0.25, 0.3) is 0 Å². The molecular formula is C9H17F. The van der Waals surface area contributed by atoms with Gasteiger partial charge in [0, 0.05) is 0 Å². The molecule has 0 bridgehead atoms. The molecule has 0 saturated heterocycles. The molecule has 1 aliphatic carbocycles. The Morgan fingerprint density at radius 2 is 1.40 bits per heavy atom. The molecule has 0 aliphatic heterocycles. The third-order valence-electron chi connectivity index (χ3n) is 2.93. The van der Waals surface area contributed by atoms with Crippen LogP contribution in [0.1, 0.15) is 33.6 Å². The molecule has 0 aromatic heterocycles. The zero-order chi connectivity index (χ0) is 7.72. The highest BCUT2D eigenvalue weighted by Gasteiger charge is 2.29. The van der Waals surface area contributed by atoms with Crippen molar-refractivity contribution in [3.8, 4) is 0 Å². The van der Waals surface area contributed by atoms with E-state index in [1.807, 2.05) is 6.92 Å². The maximum absolute atomic E-state index is 13.0. The van der Waals surface area contributed by atoms with E-state index in [0.717, 1.165) is 18.8 Å². The van der Waals surface area contributed by atoms with Crippen LogP contribution in [0.4, 0.5) is 4.39 Å². The SMILES string of the molecule is CC1CC(C)C(F)CC1C. The van der Waals surface area contributed by atoms with E-state index < -0.39 is 6.17 Å². The summed E-state index contributed by atoms with van der Waals surface area (Å²) < 4.78 is 13.0. The first kappa shape index (κ1) is 8.03. The second-order valence-corrected chi connectivity index (χ2v) is 3.92. The third kappa shape index (κ3) is 1.50. The highest BCUT2D eigenvalue weighted by Crippen LogP contribution is 2.34. The molecule has 0 heterocycles. The van der Waals surface area contributed by atoms with Gasteiger partial charge >= 0.3 is 0 Å². The van der Waals surface area contributed by atoms with Crippen LogP contribution in [-0.2, 0) is 0 Å². The van der Waals surface area contributed by atoms with Crippen molar-refractivity contribution in [2.75, 3.05) is 0 Å². The van der Waals surface area contributed by atoms with Gasteiger partial charge in [-0.25, -0.2) is 4.39 Å². The molecule has 0 amide bonds. The zero-order valence-corrected chi connectivity index (χ0v) is 7.10. The van der Waals surface area contributed by atoms with E-state index in [1.165, 1.54) is 0 Å². The van der Waals surface area contributed by atoms with Gasteiger partial charge in [-0.15, -0.1) is 0 Å². The average molecular weight is 144 g/mol. The number of alkyl halides is 1. The van der Waals surface area contributed by atoms with Crippen LogP contribution in [0.3, 0.4) is 0 Å². The molecule has 0 spiro atoms. The Morgan fingerprint density at radius 1 is 0.900 bits per heavy atom. The summed E-state index contributed by atoms with van der Waals surface area (Å²) in [7, 11) is 0. The minimum atomic E-state index is -0.536. The summed E-state index contributed by atoms with van der Waals surface area (Å²) in [6.07, 6.45) is 1.32. The van der Waals surface area contributed by atoms with Crippen molar-refractivity contribution in [3.63, 3.8) is 0 Å². The first-order valence-corrected chi connectivity index (χ1v) is 4.25. The lowest BCUT2D eigenvalue weighted by Gasteiger charge is -2.32. The largest absolute Gasteiger partial charge is 0.247 e. The van der Waals surface area contributed by atoms with Crippen LogP contribution >= 0.6 is 0 Å². The Hall–Kier alpha value is -0.0700. The zero-order valence-electron chi connectivity index (χ0n) is 7.10. The van der Waals surface area contributed by atoms with Crippen LogP contribution in [0.2, 0.25) is 0 Å². The molecule has 10 heavy (non-hydrogen) atoms. The van der Waals surface area contributed by atoms with E-state index in [9.17, 15) is 4.39 Å². The van der Waals surface area contributed by atoms with Crippen molar-refractivity contribution in [2.45, 2.75) is 39.8 Å². The van der Waals surface area contributed by atoms with Gasteiger partial charge in [0.2, 0.25) is 0 Å². The lowest BCUT2D eigenvalue weighted by atomic mass is 9.75. The fraction of sp³-hybridized carbons (Fsp3) is 1.00. The van der Waals surface area contributed by atoms with E-state index >= 15 is 0 Å². The molecule has 0 nitrogen and oxygen atoms in total. The Balaban J connectivity index is 2.46. The van der Waals surface area contributed by atoms with E-state index in [-0.39, 0.29) is 0 Å². The lowest BCUT2D eigenvalue weighted by molar-refractivity contribution is 0.104. The monoisotopic (exact) mass is 144 g/mol. The van der Waals surface area contributed by atoms with Gasteiger partial charge in [-0.1, -0.05) is 20.8 Å². The molecule has 4 unspecified atom stereocenters. The van der Waals surface area contributed by atoms with E-state index in [1.54, 1.807) is 0 Å². The van der Waals surface area contributed by atoms with Crippen LogP contribution in [-0.4, -0.2) is 6.17 Å². The van der Waals surface area contributed by atoms with Crippen molar-refractivity contribution in [3.05, 3.63) is 0 Å². The minimum Gasteiger partial charge on any atom is -0.247 e. The van der Waals surface area contributed by atoms with Crippen molar-refractivity contribution >= 4 is 0 Å². The molecule has 1 aliphatic rings. The standard InChI is InChI=1S/C9H17F/c1-6-4-8(3)9(10)5-7(6)2/h6-9H,4-5H2,1-3H3. The predicted molar refractivity (Wildman–Crippen MR) is 41.6 cm³/mol. The van der Waals surface area contributed by atoms with Gasteiger partial charge in [0.25, 0.3) is 0 Å². The molecule has 1 fully saturated rings. The third-order valence-corrected chi connectivity index (χ3v) is 2.93. The summed E-state index contributed by atoms with van der Waals surface area (Å²) in [5.74, 6) is 1.61. The van der Waals surface area contributed by atoms with E-state index in [2.05, 4.69) is 13.8 Å². The highest BCUT2D eigenvalue weighted by molar-refractivity contribution is 4.79. The van der Waals surface area contributed by atoms with Crippen molar-refractivity contribution in [1.29, 1.82) is 0 Å². The van der Waals surface area contributed by atoms with E-state index in [0.29, 0.717) is 11.8 Å². The second-order valence-electron chi connectivity index (χ2n) is 3.92. The number of rotatable bonds is 0. The Morgan fingerprint density at radius 3 is 1.90 bits per heavy atom. The Kier molecular flexibility index (Phi) is 2.32. The molecule has 1 rings (SSSR count). The normalized spacial score (nSPS) is 49.2. The van der Waals surface area contributed by atoms with Crippen LogP contribution in [0.5, 0.6) is 0 Å².